The van der Waals surface area contributed by atoms with Gasteiger partial charge in [0.05, 0.1) is 13.0 Å². The Labute approximate surface area is 180 Å². The summed E-state index contributed by atoms with van der Waals surface area (Å²) >= 11 is 0. The van der Waals surface area contributed by atoms with Crippen LogP contribution in [0, 0.1) is 12.3 Å². The number of anilines is 1. The Kier molecular flexibility index (Phi) is 4.84. The van der Waals surface area contributed by atoms with Crippen molar-refractivity contribution in [2.45, 2.75) is 51.5 Å². The number of H-pyrrole nitrogens is 1. The summed E-state index contributed by atoms with van der Waals surface area (Å²) in [6.07, 6.45) is 6.56. The van der Waals surface area contributed by atoms with Gasteiger partial charge in [0.25, 0.3) is 5.56 Å². The van der Waals surface area contributed by atoms with Crippen molar-refractivity contribution in [3.8, 4) is 5.75 Å². The van der Waals surface area contributed by atoms with E-state index in [1.807, 2.05) is 19.1 Å². The van der Waals surface area contributed by atoms with E-state index in [2.05, 4.69) is 16.4 Å². The van der Waals surface area contributed by atoms with Crippen LogP contribution in [0.15, 0.2) is 35.3 Å². The van der Waals surface area contributed by atoms with Crippen LogP contribution >= 0.6 is 0 Å². The highest BCUT2D eigenvalue weighted by Gasteiger charge is 2.55. The van der Waals surface area contributed by atoms with Crippen molar-refractivity contribution in [3.63, 3.8) is 0 Å². The Morgan fingerprint density at radius 2 is 2.13 bits per heavy atom. The van der Waals surface area contributed by atoms with Crippen LogP contribution in [0.4, 0.5) is 5.69 Å². The van der Waals surface area contributed by atoms with Crippen molar-refractivity contribution in [3.05, 3.63) is 57.5 Å². The lowest BCUT2D eigenvalue weighted by atomic mass is 10.0. The van der Waals surface area contributed by atoms with Crippen molar-refractivity contribution < 1.29 is 14.3 Å². The lowest BCUT2D eigenvalue weighted by Gasteiger charge is -2.24. The predicted molar refractivity (Wildman–Crippen MR) is 116 cm³/mol. The summed E-state index contributed by atoms with van der Waals surface area (Å²) in [5, 5.41) is 2.76. The Morgan fingerprint density at radius 3 is 2.94 bits per heavy atom. The number of fused-ring (bicyclic) bond motifs is 1. The topological polar surface area (TPSA) is 91.5 Å². The van der Waals surface area contributed by atoms with Crippen molar-refractivity contribution in [1.29, 1.82) is 0 Å². The van der Waals surface area contributed by atoms with Crippen molar-refractivity contribution >= 4 is 17.5 Å². The molecule has 1 atom stereocenters. The number of hydrogen-bond acceptors (Lipinski definition) is 4. The number of ether oxygens (including phenoxy) is 1. The molecular formula is C24H27N3O4. The molecule has 3 aliphatic rings. The first-order chi connectivity index (χ1) is 14.9. The number of hydrogen-bond donors (Lipinski definition) is 2. The van der Waals surface area contributed by atoms with E-state index in [4.69, 9.17) is 4.74 Å². The summed E-state index contributed by atoms with van der Waals surface area (Å²) in [7, 11) is 0. The van der Waals surface area contributed by atoms with E-state index in [0.29, 0.717) is 13.0 Å². The number of pyridine rings is 1. The van der Waals surface area contributed by atoms with Gasteiger partial charge in [-0.1, -0.05) is 12.1 Å². The van der Waals surface area contributed by atoms with Crippen LogP contribution in [0.25, 0.3) is 0 Å². The lowest BCUT2D eigenvalue weighted by molar-refractivity contribution is -0.136. The molecule has 0 unspecified atom stereocenters. The summed E-state index contributed by atoms with van der Waals surface area (Å²) in [6.45, 7) is 3.20. The van der Waals surface area contributed by atoms with Crippen LogP contribution in [0.5, 0.6) is 5.75 Å². The van der Waals surface area contributed by atoms with Gasteiger partial charge in [0.15, 0.2) is 0 Å². The molecule has 1 spiro atoms. The molecule has 2 fully saturated rings. The second-order valence-electron chi connectivity index (χ2n) is 9.22. The molecular weight excluding hydrogens is 394 g/mol. The molecule has 162 valence electrons. The number of amides is 2. The molecule has 5 rings (SSSR count). The van der Waals surface area contributed by atoms with E-state index < -0.39 is 6.04 Å². The molecule has 2 N–H and O–H groups in total. The van der Waals surface area contributed by atoms with Gasteiger partial charge in [-0.3, -0.25) is 14.4 Å². The minimum Gasteiger partial charge on any atom is -0.493 e. The number of likely N-dealkylation sites (tertiary alicyclic amines) is 1. The lowest BCUT2D eigenvalue weighted by Crippen LogP contribution is -2.44. The summed E-state index contributed by atoms with van der Waals surface area (Å²) in [4.78, 5) is 42.7. The Morgan fingerprint density at radius 1 is 1.29 bits per heavy atom. The van der Waals surface area contributed by atoms with Crippen LogP contribution < -0.4 is 15.6 Å². The zero-order valence-corrected chi connectivity index (χ0v) is 17.7. The molecule has 3 heterocycles. The maximum absolute atomic E-state index is 13.2. The Bertz CT molecular complexity index is 1100. The number of benzene rings is 1. The molecule has 2 aromatic rings. The molecule has 1 saturated heterocycles. The average Bonchev–Trinajstić information content (AvgIpc) is 3.40. The number of aryl methyl sites for hydroxylation is 2. The monoisotopic (exact) mass is 421 g/mol. The zero-order chi connectivity index (χ0) is 21.6. The van der Waals surface area contributed by atoms with Crippen LogP contribution in [0.1, 0.15) is 42.4 Å². The summed E-state index contributed by atoms with van der Waals surface area (Å²) in [6, 6.07) is 7.04. The molecule has 2 amide bonds. The third-order valence-electron chi connectivity index (χ3n) is 6.72. The smallest absolute Gasteiger partial charge is 0.271 e. The molecule has 0 radical (unpaired) electrons. The van der Waals surface area contributed by atoms with Gasteiger partial charge >= 0.3 is 0 Å². The summed E-state index contributed by atoms with van der Waals surface area (Å²) in [5.41, 5.74) is 2.89. The quantitative estimate of drug-likeness (QED) is 0.794. The Hall–Kier alpha value is -3.09. The number of carbonyl (C=O) groups is 2. The normalized spacial score (nSPS) is 20.8. The van der Waals surface area contributed by atoms with Gasteiger partial charge < -0.3 is 19.9 Å². The molecule has 1 aromatic heterocycles. The van der Waals surface area contributed by atoms with Gasteiger partial charge in [0.1, 0.15) is 17.5 Å². The third-order valence-corrected chi connectivity index (χ3v) is 6.72. The molecule has 7 heteroatoms. The maximum Gasteiger partial charge on any atom is 0.271 e. The Balaban J connectivity index is 1.33. The molecule has 31 heavy (non-hydrogen) atoms. The number of aromatic nitrogens is 1. The molecule has 1 saturated carbocycles. The highest BCUT2D eigenvalue weighted by atomic mass is 16.5. The fourth-order valence-electron chi connectivity index (χ4n) is 4.79. The standard InChI is InChI=1S/C24H27N3O4/c1-15-9-18(22(29)25-13-15)26-23(30)19-12-24(6-7-24)14-27(19)21(28)11-16-4-5-20-17(10-16)3-2-8-31-20/h4-5,9-10,13,19H,2-3,6-8,11-12,14H2,1H3,(H,25,29)(H,26,30)/t19-/m0/s1. The van der Waals surface area contributed by atoms with Gasteiger partial charge in [-0.25, -0.2) is 0 Å². The van der Waals surface area contributed by atoms with Crippen LogP contribution in [0.3, 0.4) is 0 Å². The number of rotatable bonds is 4. The van der Waals surface area contributed by atoms with Crippen LogP contribution in [-0.2, 0) is 22.4 Å². The number of carbonyl (C=O) groups excluding carboxylic acids is 2. The number of nitrogens with zero attached hydrogens (tertiary/aromatic N) is 1. The van der Waals surface area contributed by atoms with Crippen molar-refractivity contribution in [1.82, 2.24) is 9.88 Å². The SMILES string of the molecule is Cc1c[nH]c(=O)c(NC(=O)[C@@H]2CC3(CC3)CN2C(=O)Cc2ccc3c(c2)CCCO3)c1. The zero-order valence-electron chi connectivity index (χ0n) is 17.7. The largest absolute Gasteiger partial charge is 0.493 e. The fourth-order valence-corrected chi connectivity index (χ4v) is 4.79. The van der Waals surface area contributed by atoms with E-state index in [-0.39, 0.29) is 34.9 Å². The molecule has 0 bridgehead atoms. The fraction of sp³-hybridized carbons (Fsp3) is 0.458. The average molecular weight is 421 g/mol. The first-order valence-electron chi connectivity index (χ1n) is 11.0. The molecule has 7 nitrogen and oxygen atoms in total. The third kappa shape index (κ3) is 3.96. The van der Waals surface area contributed by atoms with E-state index in [1.54, 1.807) is 17.2 Å². The summed E-state index contributed by atoms with van der Waals surface area (Å²) < 4.78 is 5.67. The van der Waals surface area contributed by atoms with E-state index in [0.717, 1.165) is 54.7 Å². The van der Waals surface area contributed by atoms with Gasteiger partial charge in [0, 0.05) is 12.7 Å². The molecule has 2 aliphatic heterocycles. The van der Waals surface area contributed by atoms with E-state index >= 15 is 0 Å². The highest BCUT2D eigenvalue weighted by molar-refractivity contribution is 5.98. The van der Waals surface area contributed by atoms with Crippen molar-refractivity contribution in [2.24, 2.45) is 5.41 Å². The van der Waals surface area contributed by atoms with E-state index in [1.165, 1.54) is 0 Å². The first-order valence-corrected chi connectivity index (χ1v) is 11.0. The second kappa shape index (κ2) is 7.55. The molecule has 1 aromatic carbocycles. The van der Waals surface area contributed by atoms with Crippen molar-refractivity contribution in [2.75, 3.05) is 18.5 Å². The van der Waals surface area contributed by atoms with Gasteiger partial charge in [-0.2, -0.15) is 0 Å². The maximum atomic E-state index is 13.2. The minimum atomic E-state index is -0.545. The number of nitrogens with one attached hydrogen (secondary N) is 2. The van der Waals surface area contributed by atoms with Gasteiger partial charge in [-0.05, 0) is 73.3 Å². The molecule has 1 aliphatic carbocycles. The number of aromatic amines is 1. The first kappa shape index (κ1) is 19.8. The highest BCUT2D eigenvalue weighted by Crippen LogP contribution is 2.55. The van der Waals surface area contributed by atoms with E-state index in [9.17, 15) is 14.4 Å². The minimum absolute atomic E-state index is 0.0428. The predicted octanol–water partition coefficient (Wildman–Crippen LogP) is 2.57. The summed E-state index contributed by atoms with van der Waals surface area (Å²) in [5.74, 6) is 0.576. The van der Waals surface area contributed by atoms with Crippen LogP contribution in [-0.4, -0.2) is 40.9 Å². The van der Waals surface area contributed by atoms with Gasteiger partial charge in [0.2, 0.25) is 11.8 Å². The van der Waals surface area contributed by atoms with Crippen LogP contribution in [0.2, 0.25) is 0 Å². The van der Waals surface area contributed by atoms with Gasteiger partial charge in [-0.15, -0.1) is 0 Å². The second-order valence-corrected chi connectivity index (χ2v) is 9.22.